The van der Waals surface area contributed by atoms with Crippen molar-refractivity contribution < 1.29 is 4.79 Å². The second-order valence-electron chi connectivity index (χ2n) is 5.07. The van der Waals surface area contributed by atoms with Crippen LogP contribution in [-0.4, -0.2) is 28.9 Å². The van der Waals surface area contributed by atoms with E-state index >= 15 is 0 Å². The van der Waals surface area contributed by atoms with E-state index in [1.54, 1.807) is 0 Å². The fourth-order valence-corrected chi connectivity index (χ4v) is 3.16. The highest BCUT2D eigenvalue weighted by molar-refractivity contribution is 7.09. The summed E-state index contributed by atoms with van der Waals surface area (Å²) < 4.78 is 0. The van der Waals surface area contributed by atoms with Crippen molar-refractivity contribution in [2.24, 2.45) is 5.73 Å². The number of nitrogens with zero attached hydrogens (tertiary/aromatic N) is 2. The topological polar surface area (TPSA) is 59.2 Å². The van der Waals surface area contributed by atoms with Gasteiger partial charge in [0.15, 0.2) is 0 Å². The first-order chi connectivity index (χ1) is 8.59. The summed E-state index contributed by atoms with van der Waals surface area (Å²) in [6.45, 7) is 1.89. The molecule has 0 aromatic carbocycles. The molecule has 2 rings (SSSR count). The number of aromatic nitrogens is 1. The molecular formula is C13H21N3OS. The van der Waals surface area contributed by atoms with Crippen LogP contribution in [0.15, 0.2) is 5.38 Å². The summed E-state index contributed by atoms with van der Waals surface area (Å²) in [5.74, 6) is 0.0325. The van der Waals surface area contributed by atoms with Crippen molar-refractivity contribution in [2.45, 2.75) is 51.1 Å². The van der Waals surface area contributed by atoms with Crippen LogP contribution in [0.2, 0.25) is 0 Å². The molecule has 1 aromatic rings. The summed E-state index contributed by atoms with van der Waals surface area (Å²) in [6.07, 6.45) is 5.98. The Morgan fingerprint density at radius 3 is 2.72 bits per heavy atom. The predicted octanol–water partition coefficient (Wildman–Crippen LogP) is 2.57. The molecule has 1 heterocycles. The van der Waals surface area contributed by atoms with Gasteiger partial charge in [-0.15, -0.1) is 11.3 Å². The number of carbonyl (C=O) groups excluding carboxylic acids is 1. The SMILES string of the molecule is CC(N)c1nc(C(=O)N(C)C2CCCCC2)cs1. The molecule has 2 N–H and O–H groups in total. The zero-order chi connectivity index (χ0) is 13.1. The van der Waals surface area contributed by atoms with Crippen molar-refractivity contribution in [1.82, 2.24) is 9.88 Å². The fraction of sp³-hybridized carbons (Fsp3) is 0.692. The van der Waals surface area contributed by atoms with Gasteiger partial charge in [-0.2, -0.15) is 0 Å². The van der Waals surface area contributed by atoms with Gasteiger partial charge in [-0.3, -0.25) is 4.79 Å². The first-order valence-electron chi connectivity index (χ1n) is 6.57. The first-order valence-corrected chi connectivity index (χ1v) is 7.45. The second kappa shape index (κ2) is 5.80. The van der Waals surface area contributed by atoms with Crippen LogP contribution in [0.4, 0.5) is 0 Å². The minimum absolute atomic E-state index is 0.0325. The molecule has 1 fully saturated rings. The highest BCUT2D eigenvalue weighted by Gasteiger charge is 2.24. The number of carbonyl (C=O) groups is 1. The third-order valence-corrected chi connectivity index (χ3v) is 4.62. The van der Waals surface area contributed by atoms with Crippen molar-refractivity contribution in [3.8, 4) is 0 Å². The van der Waals surface area contributed by atoms with Crippen LogP contribution in [-0.2, 0) is 0 Å². The van der Waals surface area contributed by atoms with Gasteiger partial charge in [-0.05, 0) is 19.8 Å². The summed E-state index contributed by atoms with van der Waals surface area (Å²) in [6, 6.07) is 0.281. The molecule has 1 unspecified atom stereocenters. The minimum Gasteiger partial charge on any atom is -0.337 e. The van der Waals surface area contributed by atoms with Gasteiger partial charge in [-0.1, -0.05) is 19.3 Å². The summed E-state index contributed by atoms with van der Waals surface area (Å²) in [5.41, 5.74) is 6.31. The second-order valence-corrected chi connectivity index (χ2v) is 5.96. The number of hydrogen-bond acceptors (Lipinski definition) is 4. The van der Waals surface area contributed by atoms with Gasteiger partial charge < -0.3 is 10.6 Å². The van der Waals surface area contributed by atoms with Crippen LogP contribution in [0.3, 0.4) is 0 Å². The zero-order valence-electron chi connectivity index (χ0n) is 11.1. The van der Waals surface area contributed by atoms with Gasteiger partial charge in [0.25, 0.3) is 5.91 Å². The van der Waals surface area contributed by atoms with Crippen LogP contribution < -0.4 is 5.73 Å². The smallest absolute Gasteiger partial charge is 0.273 e. The molecular weight excluding hydrogens is 246 g/mol. The fourth-order valence-electron chi connectivity index (χ4n) is 2.41. The van der Waals surface area contributed by atoms with Crippen molar-refractivity contribution in [3.63, 3.8) is 0 Å². The Balaban J connectivity index is 2.04. The highest BCUT2D eigenvalue weighted by atomic mass is 32.1. The largest absolute Gasteiger partial charge is 0.337 e. The van der Waals surface area contributed by atoms with Gasteiger partial charge in [0.1, 0.15) is 10.7 Å². The number of amides is 1. The molecule has 1 atom stereocenters. The van der Waals surface area contributed by atoms with Crippen molar-refractivity contribution in [1.29, 1.82) is 0 Å². The third kappa shape index (κ3) is 2.90. The summed E-state index contributed by atoms with van der Waals surface area (Å²) >= 11 is 1.47. The molecule has 0 radical (unpaired) electrons. The molecule has 1 amide bonds. The van der Waals surface area contributed by atoms with Gasteiger partial charge >= 0.3 is 0 Å². The maximum Gasteiger partial charge on any atom is 0.273 e. The Kier molecular flexibility index (Phi) is 4.35. The van der Waals surface area contributed by atoms with E-state index in [-0.39, 0.29) is 11.9 Å². The molecule has 1 aromatic heterocycles. The summed E-state index contributed by atoms with van der Waals surface area (Å²) in [5, 5.41) is 2.65. The van der Waals surface area contributed by atoms with Gasteiger partial charge in [0.05, 0.1) is 6.04 Å². The summed E-state index contributed by atoms with van der Waals surface area (Å²) in [7, 11) is 1.89. The average Bonchev–Trinajstić information content (AvgIpc) is 2.88. The standard InChI is InChI=1S/C13H21N3OS/c1-9(14)12-15-11(8-18-12)13(17)16(2)10-6-4-3-5-7-10/h8-10H,3-7,14H2,1-2H3. The number of rotatable bonds is 3. The number of hydrogen-bond donors (Lipinski definition) is 1. The lowest BCUT2D eigenvalue weighted by molar-refractivity contribution is 0.0691. The molecule has 5 heteroatoms. The van der Waals surface area contributed by atoms with Crippen LogP contribution in [0.1, 0.15) is 60.6 Å². The van der Waals surface area contributed by atoms with Crippen molar-refractivity contribution >= 4 is 17.2 Å². The van der Waals surface area contributed by atoms with Crippen LogP contribution >= 0.6 is 11.3 Å². The lowest BCUT2D eigenvalue weighted by Gasteiger charge is -2.30. The Labute approximate surface area is 112 Å². The average molecular weight is 267 g/mol. The van der Waals surface area contributed by atoms with E-state index < -0.39 is 0 Å². The Bertz CT molecular complexity index is 410. The Hall–Kier alpha value is -0.940. The van der Waals surface area contributed by atoms with Gasteiger partial charge in [-0.25, -0.2) is 4.98 Å². The van der Waals surface area contributed by atoms with E-state index in [1.165, 1.54) is 30.6 Å². The highest BCUT2D eigenvalue weighted by Crippen LogP contribution is 2.24. The van der Waals surface area contributed by atoms with E-state index in [4.69, 9.17) is 5.73 Å². The number of thiazole rings is 1. The normalized spacial score (nSPS) is 18.6. The molecule has 1 saturated carbocycles. The molecule has 1 aliphatic rings. The molecule has 100 valence electrons. The molecule has 4 nitrogen and oxygen atoms in total. The lowest BCUT2D eigenvalue weighted by atomic mass is 9.94. The molecule has 0 saturated heterocycles. The quantitative estimate of drug-likeness (QED) is 0.915. The van der Waals surface area contributed by atoms with E-state index in [2.05, 4.69) is 4.98 Å². The van der Waals surface area contributed by atoms with Crippen molar-refractivity contribution in [3.05, 3.63) is 16.1 Å². The third-order valence-electron chi connectivity index (χ3n) is 3.57. The molecule has 0 aliphatic heterocycles. The number of nitrogens with two attached hydrogens (primary N) is 1. The van der Waals surface area contributed by atoms with Gasteiger partial charge in [0, 0.05) is 18.5 Å². The molecule has 0 bridgehead atoms. The van der Waals surface area contributed by atoms with Crippen molar-refractivity contribution in [2.75, 3.05) is 7.05 Å². The maximum absolute atomic E-state index is 12.3. The van der Waals surface area contributed by atoms with Crippen LogP contribution in [0.5, 0.6) is 0 Å². The Morgan fingerprint density at radius 1 is 1.50 bits per heavy atom. The Morgan fingerprint density at radius 2 is 2.17 bits per heavy atom. The molecule has 18 heavy (non-hydrogen) atoms. The monoisotopic (exact) mass is 267 g/mol. The van der Waals surface area contributed by atoms with Crippen LogP contribution in [0, 0.1) is 0 Å². The van der Waals surface area contributed by atoms with Crippen LogP contribution in [0.25, 0.3) is 0 Å². The minimum atomic E-state index is -0.100. The lowest BCUT2D eigenvalue weighted by Crippen LogP contribution is -2.38. The van der Waals surface area contributed by atoms with E-state index in [1.807, 2.05) is 24.3 Å². The van der Waals surface area contributed by atoms with E-state index in [9.17, 15) is 4.79 Å². The first kappa shape index (κ1) is 13.5. The molecule has 1 aliphatic carbocycles. The summed E-state index contributed by atoms with van der Waals surface area (Å²) in [4.78, 5) is 18.5. The predicted molar refractivity (Wildman–Crippen MR) is 73.7 cm³/mol. The maximum atomic E-state index is 12.3. The van der Waals surface area contributed by atoms with E-state index in [0.717, 1.165) is 17.8 Å². The zero-order valence-corrected chi connectivity index (χ0v) is 11.9. The van der Waals surface area contributed by atoms with Gasteiger partial charge in [0.2, 0.25) is 0 Å². The molecule has 0 spiro atoms. The van der Waals surface area contributed by atoms with E-state index in [0.29, 0.717) is 11.7 Å².